The van der Waals surface area contributed by atoms with Crippen molar-refractivity contribution < 1.29 is 9.47 Å². The number of benzene rings is 1. The number of hydrogen-bond acceptors (Lipinski definition) is 3. The zero-order valence-electron chi connectivity index (χ0n) is 8.96. The first-order chi connectivity index (χ1) is 7.86. The van der Waals surface area contributed by atoms with Crippen LogP contribution in [0.25, 0.3) is 0 Å². The van der Waals surface area contributed by atoms with Gasteiger partial charge < -0.3 is 14.8 Å². The number of fused-ring (bicyclic) bond motifs is 1. The van der Waals surface area contributed by atoms with E-state index in [-0.39, 0.29) is 0 Å². The van der Waals surface area contributed by atoms with Gasteiger partial charge in [0.1, 0.15) is 13.2 Å². The monoisotopic (exact) mass is 283 g/mol. The third kappa shape index (κ3) is 1.70. The van der Waals surface area contributed by atoms with Gasteiger partial charge in [0.05, 0.1) is 4.47 Å². The SMILES string of the molecule is Brc1c(C2CCCN2)ccc2c1OCCO2. The fourth-order valence-electron chi connectivity index (χ4n) is 2.32. The summed E-state index contributed by atoms with van der Waals surface area (Å²) in [6.45, 7) is 2.37. The van der Waals surface area contributed by atoms with Gasteiger partial charge in [0.2, 0.25) is 0 Å². The summed E-state index contributed by atoms with van der Waals surface area (Å²) < 4.78 is 12.2. The number of nitrogens with one attached hydrogen (secondary N) is 1. The van der Waals surface area contributed by atoms with E-state index in [1.165, 1.54) is 18.4 Å². The van der Waals surface area contributed by atoms with Gasteiger partial charge in [-0.15, -0.1) is 0 Å². The molecule has 2 aliphatic rings. The van der Waals surface area contributed by atoms with E-state index in [0.29, 0.717) is 19.3 Å². The molecule has 0 bridgehead atoms. The zero-order chi connectivity index (χ0) is 11.0. The van der Waals surface area contributed by atoms with Crippen LogP contribution in [0.15, 0.2) is 16.6 Å². The van der Waals surface area contributed by atoms with Crippen molar-refractivity contribution in [2.75, 3.05) is 19.8 Å². The summed E-state index contributed by atoms with van der Waals surface area (Å²) in [7, 11) is 0. The highest BCUT2D eigenvalue weighted by Gasteiger charge is 2.24. The molecule has 0 saturated carbocycles. The number of ether oxygens (including phenoxy) is 2. The van der Waals surface area contributed by atoms with Gasteiger partial charge in [-0.05, 0) is 46.9 Å². The van der Waals surface area contributed by atoms with Gasteiger partial charge >= 0.3 is 0 Å². The smallest absolute Gasteiger partial charge is 0.175 e. The van der Waals surface area contributed by atoms with E-state index in [4.69, 9.17) is 9.47 Å². The van der Waals surface area contributed by atoms with Crippen LogP contribution in [0.4, 0.5) is 0 Å². The maximum absolute atomic E-state index is 5.65. The van der Waals surface area contributed by atoms with Crippen LogP contribution in [-0.2, 0) is 0 Å². The summed E-state index contributed by atoms with van der Waals surface area (Å²) in [5, 5.41) is 3.49. The Bertz CT molecular complexity index is 402. The highest BCUT2D eigenvalue weighted by Crippen LogP contribution is 2.42. The zero-order valence-corrected chi connectivity index (χ0v) is 10.5. The molecule has 3 nitrogen and oxygen atoms in total. The van der Waals surface area contributed by atoms with Crippen LogP contribution in [0.2, 0.25) is 0 Å². The molecule has 0 radical (unpaired) electrons. The maximum Gasteiger partial charge on any atom is 0.175 e. The number of rotatable bonds is 1. The van der Waals surface area contributed by atoms with E-state index < -0.39 is 0 Å². The first-order valence-electron chi connectivity index (χ1n) is 5.67. The lowest BCUT2D eigenvalue weighted by Gasteiger charge is -2.22. The molecule has 1 aromatic rings. The summed E-state index contributed by atoms with van der Waals surface area (Å²) >= 11 is 3.63. The van der Waals surface area contributed by atoms with Crippen LogP contribution >= 0.6 is 15.9 Å². The van der Waals surface area contributed by atoms with E-state index in [2.05, 4.69) is 27.3 Å². The minimum absolute atomic E-state index is 0.449. The van der Waals surface area contributed by atoms with Crippen LogP contribution in [0, 0.1) is 0 Å². The second kappa shape index (κ2) is 4.26. The minimum Gasteiger partial charge on any atom is -0.486 e. The van der Waals surface area contributed by atoms with Gasteiger partial charge in [-0.2, -0.15) is 0 Å². The average molecular weight is 284 g/mol. The van der Waals surface area contributed by atoms with E-state index in [0.717, 1.165) is 22.5 Å². The molecule has 1 fully saturated rings. The van der Waals surface area contributed by atoms with Gasteiger partial charge in [0.25, 0.3) is 0 Å². The Morgan fingerprint density at radius 2 is 2.12 bits per heavy atom. The Labute approximate surface area is 103 Å². The van der Waals surface area contributed by atoms with Crippen molar-refractivity contribution in [2.45, 2.75) is 18.9 Å². The van der Waals surface area contributed by atoms with Gasteiger partial charge in [-0.3, -0.25) is 0 Å². The maximum atomic E-state index is 5.65. The second-order valence-electron chi connectivity index (χ2n) is 4.14. The fraction of sp³-hybridized carbons (Fsp3) is 0.500. The molecule has 1 aromatic carbocycles. The lowest BCUT2D eigenvalue weighted by Crippen LogP contribution is -2.18. The fourth-order valence-corrected chi connectivity index (χ4v) is 3.03. The molecule has 0 amide bonds. The van der Waals surface area contributed by atoms with E-state index in [9.17, 15) is 0 Å². The van der Waals surface area contributed by atoms with Crippen LogP contribution in [-0.4, -0.2) is 19.8 Å². The molecule has 0 aliphatic carbocycles. The third-order valence-electron chi connectivity index (χ3n) is 3.11. The van der Waals surface area contributed by atoms with Crippen LogP contribution in [0.1, 0.15) is 24.4 Å². The molecular formula is C12H14BrNO2. The Morgan fingerprint density at radius 1 is 1.25 bits per heavy atom. The Morgan fingerprint density at radius 3 is 2.94 bits per heavy atom. The van der Waals surface area contributed by atoms with E-state index in [1.54, 1.807) is 0 Å². The Kier molecular flexibility index (Phi) is 2.77. The number of hydrogen-bond donors (Lipinski definition) is 1. The number of halogens is 1. The van der Waals surface area contributed by atoms with Gasteiger partial charge in [-0.1, -0.05) is 6.07 Å². The van der Waals surface area contributed by atoms with Crippen LogP contribution < -0.4 is 14.8 Å². The predicted octanol–water partition coefficient (Wildman–Crippen LogP) is 2.64. The normalized spacial score (nSPS) is 23.4. The van der Waals surface area contributed by atoms with Gasteiger partial charge in [-0.25, -0.2) is 0 Å². The van der Waals surface area contributed by atoms with E-state index >= 15 is 0 Å². The largest absolute Gasteiger partial charge is 0.486 e. The molecule has 0 aromatic heterocycles. The lowest BCUT2D eigenvalue weighted by atomic mass is 10.0. The molecule has 2 aliphatic heterocycles. The van der Waals surface area contributed by atoms with Crippen molar-refractivity contribution >= 4 is 15.9 Å². The quantitative estimate of drug-likeness (QED) is 0.860. The average Bonchev–Trinajstić information content (AvgIpc) is 2.83. The molecule has 2 heterocycles. The second-order valence-corrected chi connectivity index (χ2v) is 4.93. The summed E-state index contributed by atoms with van der Waals surface area (Å²) in [5.41, 5.74) is 1.28. The molecule has 4 heteroatoms. The lowest BCUT2D eigenvalue weighted by molar-refractivity contribution is 0.170. The summed E-state index contributed by atoms with van der Waals surface area (Å²) in [4.78, 5) is 0. The van der Waals surface area contributed by atoms with Crippen molar-refractivity contribution in [3.8, 4) is 11.5 Å². The van der Waals surface area contributed by atoms with Crippen molar-refractivity contribution in [2.24, 2.45) is 0 Å². The van der Waals surface area contributed by atoms with Crippen molar-refractivity contribution in [3.63, 3.8) is 0 Å². The topological polar surface area (TPSA) is 30.5 Å². The van der Waals surface area contributed by atoms with Gasteiger partial charge in [0, 0.05) is 6.04 Å². The molecular weight excluding hydrogens is 270 g/mol. The summed E-state index contributed by atoms with van der Waals surface area (Å²) in [5.74, 6) is 1.71. The third-order valence-corrected chi connectivity index (χ3v) is 3.93. The Balaban J connectivity index is 1.99. The molecule has 1 N–H and O–H groups in total. The first kappa shape index (κ1) is 10.4. The standard InChI is InChI=1S/C12H14BrNO2/c13-11-8(9-2-1-5-14-9)3-4-10-12(11)16-7-6-15-10/h3-4,9,14H,1-2,5-7H2. The molecule has 1 saturated heterocycles. The van der Waals surface area contributed by atoms with Crippen molar-refractivity contribution in [1.82, 2.24) is 5.32 Å². The first-order valence-corrected chi connectivity index (χ1v) is 6.47. The predicted molar refractivity (Wildman–Crippen MR) is 65.1 cm³/mol. The van der Waals surface area contributed by atoms with Crippen LogP contribution in [0.5, 0.6) is 11.5 Å². The highest BCUT2D eigenvalue weighted by atomic mass is 79.9. The van der Waals surface area contributed by atoms with Gasteiger partial charge in [0.15, 0.2) is 11.5 Å². The molecule has 16 heavy (non-hydrogen) atoms. The van der Waals surface area contributed by atoms with Crippen LogP contribution in [0.3, 0.4) is 0 Å². The minimum atomic E-state index is 0.449. The molecule has 1 unspecified atom stereocenters. The Hall–Kier alpha value is -0.740. The molecule has 0 spiro atoms. The molecule has 3 rings (SSSR count). The van der Waals surface area contributed by atoms with Crippen molar-refractivity contribution in [1.29, 1.82) is 0 Å². The molecule has 86 valence electrons. The summed E-state index contributed by atoms with van der Waals surface area (Å²) in [6, 6.07) is 4.58. The highest BCUT2D eigenvalue weighted by molar-refractivity contribution is 9.10. The van der Waals surface area contributed by atoms with Crippen molar-refractivity contribution in [3.05, 3.63) is 22.2 Å². The van der Waals surface area contributed by atoms with E-state index in [1.807, 2.05) is 6.07 Å². The molecule has 1 atom stereocenters. The summed E-state index contributed by atoms with van der Waals surface area (Å²) in [6.07, 6.45) is 2.43.